The molecule has 2 heterocycles. The van der Waals surface area contributed by atoms with Gasteiger partial charge in [-0.2, -0.15) is 0 Å². The minimum Gasteiger partial charge on any atom is -0.394 e. The van der Waals surface area contributed by atoms with Gasteiger partial charge in [0.15, 0.2) is 0 Å². The Labute approximate surface area is 94.8 Å². The minimum absolute atomic E-state index is 0.103. The summed E-state index contributed by atoms with van der Waals surface area (Å²) in [5, 5.41) is 18.4. The summed E-state index contributed by atoms with van der Waals surface area (Å²) in [6.45, 7) is 3.04. The number of rotatable bonds is 3. The van der Waals surface area contributed by atoms with Crippen molar-refractivity contribution < 1.29 is 10.2 Å². The molecule has 5 heteroatoms. The van der Waals surface area contributed by atoms with Crippen LogP contribution in [0.3, 0.4) is 0 Å². The zero-order chi connectivity index (χ0) is 11.5. The Morgan fingerprint density at radius 3 is 2.94 bits per heavy atom. The molecule has 2 unspecified atom stereocenters. The van der Waals surface area contributed by atoms with E-state index in [0.29, 0.717) is 11.6 Å². The monoisotopic (exact) mass is 223 g/mol. The summed E-state index contributed by atoms with van der Waals surface area (Å²) in [5.74, 6) is 1.21. The van der Waals surface area contributed by atoms with Crippen molar-refractivity contribution in [2.45, 2.75) is 26.0 Å². The van der Waals surface area contributed by atoms with Crippen LogP contribution >= 0.6 is 0 Å². The largest absolute Gasteiger partial charge is 0.394 e. The van der Waals surface area contributed by atoms with E-state index in [1.807, 2.05) is 0 Å². The van der Waals surface area contributed by atoms with Gasteiger partial charge in [0.05, 0.1) is 37.3 Å². The van der Waals surface area contributed by atoms with Crippen molar-refractivity contribution in [2.24, 2.45) is 5.92 Å². The molecule has 0 spiro atoms. The lowest BCUT2D eigenvalue weighted by Gasteiger charge is -2.26. The van der Waals surface area contributed by atoms with Gasteiger partial charge in [-0.1, -0.05) is 6.92 Å². The van der Waals surface area contributed by atoms with Crippen LogP contribution in [0.15, 0.2) is 12.4 Å². The van der Waals surface area contributed by atoms with Gasteiger partial charge in [-0.25, -0.2) is 4.98 Å². The molecule has 0 saturated carbocycles. The fraction of sp³-hybridized carbons (Fsp3) is 0.636. The molecule has 1 aliphatic heterocycles. The predicted molar refractivity (Wildman–Crippen MR) is 60.0 cm³/mol. The van der Waals surface area contributed by atoms with Gasteiger partial charge in [0.25, 0.3) is 0 Å². The van der Waals surface area contributed by atoms with Gasteiger partial charge in [-0.05, 0) is 12.3 Å². The number of anilines is 1. The molecule has 16 heavy (non-hydrogen) atoms. The first-order valence-corrected chi connectivity index (χ1v) is 5.55. The summed E-state index contributed by atoms with van der Waals surface area (Å²) in [4.78, 5) is 10.4. The van der Waals surface area contributed by atoms with Gasteiger partial charge in [0, 0.05) is 6.54 Å². The number of aromatic nitrogens is 2. The van der Waals surface area contributed by atoms with Gasteiger partial charge < -0.3 is 15.1 Å². The van der Waals surface area contributed by atoms with E-state index in [-0.39, 0.29) is 19.3 Å². The maximum Gasteiger partial charge on any atom is 0.147 e. The minimum atomic E-state index is -0.103. The molecule has 88 valence electrons. The van der Waals surface area contributed by atoms with Crippen LogP contribution in [0.5, 0.6) is 0 Å². The molecule has 0 bridgehead atoms. The van der Waals surface area contributed by atoms with E-state index in [1.54, 1.807) is 12.4 Å². The summed E-state index contributed by atoms with van der Waals surface area (Å²) in [6.07, 6.45) is 4.28. The van der Waals surface area contributed by atoms with Crippen molar-refractivity contribution in [2.75, 3.05) is 18.1 Å². The van der Waals surface area contributed by atoms with Gasteiger partial charge in [0.1, 0.15) is 5.82 Å². The smallest absolute Gasteiger partial charge is 0.147 e. The highest BCUT2D eigenvalue weighted by molar-refractivity contribution is 5.39. The Hall–Kier alpha value is -1.20. The third-order valence-electron chi connectivity index (χ3n) is 3.20. The molecule has 2 rings (SSSR count). The SMILES string of the molecule is CC1CCN(c2cncc(CO)n2)C1CO. The highest BCUT2D eigenvalue weighted by atomic mass is 16.3. The van der Waals surface area contributed by atoms with E-state index >= 15 is 0 Å². The second-order valence-corrected chi connectivity index (χ2v) is 4.24. The molecule has 0 aliphatic carbocycles. The number of nitrogens with zero attached hydrogens (tertiary/aromatic N) is 3. The molecule has 1 aromatic rings. The van der Waals surface area contributed by atoms with Crippen LogP contribution < -0.4 is 4.90 Å². The van der Waals surface area contributed by atoms with E-state index in [0.717, 1.165) is 18.8 Å². The average Bonchev–Trinajstić information content (AvgIpc) is 2.70. The first kappa shape index (κ1) is 11.3. The van der Waals surface area contributed by atoms with Crippen molar-refractivity contribution in [3.05, 3.63) is 18.1 Å². The maximum atomic E-state index is 9.36. The Balaban J connectivity index is 2.22. The Kier molecular flexibility index (Phi) is 3.36. The Bertz CT molecular complexity index is 359. The predicted octanol–water partition coefficient (Wildman–Crippen LogP) is 0.176. The summed E-state index contributed by atoms with van der Waals surface area (Å²) >= 11 is 0. The summed E-state index contributed by atoms with van der Waals surface area (Å²) in [6, 6.07) is 0.114. The van der Waals surface area contributed by atoms with E-state index in [2.05, 4.69) is 21.8 Å². The van der Waals surface area contributed by atoms with Crippen LogP contribution in [0.2, 0.25) is 0 Å². The van der Waals surface area contributed by atoms with Crippen molar-refractivity contribution >= 4 is 5.82 Å². The lowest BCUT2D eigenvalue weighted by Crippen LogP contribution is -2.35. The standard InChI is InChI=1S/C11H17N3O2/c1-8-2-3-14(10(8)7-16)11-5-12-4-9(6-15)13-11/h4-5,8,10,15-16H,2-3,6-7H2,1H3. The molecule has 2 atom stereocenters. The van der Waals surface area contributed by atoms with Crippen LogP contribution in [-0.2, 0) is 6.61 Å². The lowest BCUT2D eigenvalue weighted by atomic mass is 10.0. The first-order valence-electron chi connectivity index (χ1n) is 5.55. The molecule has 0 radical (unpaired) electrons. The topological polar surface area (TPSA) is 69.5 Å². The van der Waals surface area contributed by atoms with E-state index < -0.39 is 0 Å². The van der Waals surface area contributed by atoms with Crippen LogP contribution in [0.1, 0.15) is 19.0 Å². The fourth-order valence-corrected chi connectivity index (χ4v) is 2.18. The van der Waals surface area contributed by atoms with Gasteiger partial charge in [-0.15, -0.1) is 0 Å². The Morgan fingerprint density at radius 2 is 2.25 bits per heavy atom. The molecule has 1 aliphatic rings. The van der Waals surface area contributed by atoms with Crippen molar-refractivity contribution in [3.8, 4) is 0 Å². The van der Waals surface area contributed by atoms with Gasteiger partial charge in [0.2, 0.25) is 0 Å². The molecule has 2 N–H and O–H groups in total. The van der Waals surface area contributed by atoms with E-state index in [9.17, 15) is 5.11 Å². The highest BCUT2D eigenvalue weighted by Gasteiger charge is 2.31. The second-order valence-electron chi connectivity index (χ2n) is 4.24. The fourth-order valence-electron chi connectivity index (χ4n) is 2.18. The molecular weight excluding hydrogens is 206 g/mol. The summed E-state index contributed by atoms with van der Waals surface area (Å²) < 4.78 is 0. The average molecular weight is 223 g/mol. The molecule has 0 amide bonds. The number of aliphatic hydroxyl groups is 2. The van der Waals surface area contributed by atoms with Gasteiger partial charge >= 0.3 is 0 Å². The third-order valence-corrected chi connectivity index (χ3v) is 3.20. The number of hydrogen-bond donors (Lipinski definition) is 2. The first-order chi connectivity index (χ1) is 7.76. The highest BCUT2D eigenvalue weighted by Crippen LogP contribution is 2.27. The van der Waals surface area contributed by atoms with E-state index in [1.165, 1.54) is 0 Å². The van der Waals surface area contributed by atoms with Crippen molar-refractivity contribution in [1.82, 2.24) is 9.97 Å². The van der Waals surface area contributed by atoms with Crippen molar-refractivity contribution in [3.63, 3.8) is 0 Å². The zero-order valence-corrected chi connectivity index (χ0v) is 9.37. The number of hydrogen-bond acceptors (Lipinski definition) is 5. The molecule has 1 aromatic heterocycles. The van der Waals surface area contributed by atoms with Crippen molar-refractivity contribution in [1.29, 1.82) is 0 Å². The van der Waals surface area contributed by atoms with Gasteiger partial charge in [-0.3, -0.25) is 4.98 Å². The van der Waals surface area contributed by atoms with Crippen LogP contribution in [-0.4, -0.2) is 39.4 Å². The van der Waals surface area contributed by atoms with Crippen LogP contribution in [0, 0.1) is 5.92 Å². The van der Waals surface area contributed by atoms with Crippen LogP contribution in [0.4, 0.5) is 5.82 Å². The summed E-state index contributed by atoms with van der Waals surface area (Å²) in [7, 11) is 0. The van der Waals surface area contributed by atoms with Crippen LogP contribution in [0.25, 0.3) is 0 Å². The normalized spacial score (nSPS) is 25.1. The Morgan fingerprint density at radius 1 is 1.44 bits per heavy atom. The molecule has 5 nitrogen and oxygen atoms in total. The maximum absolute atomic E-state index is 9.36. The zero-order valence-electron chi connectivity index (χ0n) is 9.37. The van der Waals surface area contributed by atoms with E-state index in [4.69, 9.17) is 5.11 Å². The quantitative estimate of drug-likeness (QED) is 0.764. The summed E-state index contributed by atoms with van der Waals surface area (Å²) in [5.41, 5.74) is 0.564. The lowest BCUT2D eigenvalue weighted by molar-refractivity contribution is 0.244. The number of aliphatic hydroxyl groups excluding tert-OH is 2. The molecule has 1 fully saturated rings. The molecule has 0 aromatic carbocycles. The second kappa shape index (κ2) is 4.76. The third kappa shape index (κ3) is 2.01. The molecule has 1 saturated heterocycles. The molecular formula is C11H17N3O2.